The molecule has 0 spiro atoms. The Morgan fingerprint density at radius 3 is 2.17 bits per heavy atom. The Morgan fingerprint density at radius 1 is 1.28 bits per heavy atom. The molecule has 0 atom stereocenters. The smallest absolute Gasteiger partial charge is 0.273 e. The molecule has 4 heteroatoms. The predicted octanol–water partition coefficient (Wildman–Crippen LogP) is 3.58. The minimum Gasteiger partial charge on any atom is -0.306 e. The normalized spacial score (nSPS) is 10.4. The van der Waals surface area contributed by atoms with E-state index in [-0.39, 0.29) is 5.91 Å². The van der Waals surface area contributed by atoms with Crippen LogP contribution >= 0.6 is 0 Å². The quantitative estimate of drug-likeness (QED) is 0.430. The van der Waals surface area contributed by atoms with E-state index in [1.165, 1.54) is 5.06 Å². The molecule has 0 saturated heterocycles. The van der Waals surface area contributed by atoms with Crippen molar-refractivity contribution in [3.63, 3.8) is 0 Å². The Morgan fingerprint density at radius 2 is 1.83 bits per heavy atom. The fraction of sp³-hybridized carbons (Fsp3) is 0.714. The van der Waals surface area contributed by atoms with E-state index >= 15 is 0 Å². The van der Waals surface area contributed by atoms with E-state index in [1.807, 2.05) is 34.6 Å². The molecule has 0 aromatic rings. The van der Waals surface area contributed by atoms with Crippen molar-refractivity contribution in [3.05, 3.63) is 11.6 Å². The second-order valence-corrected chi connectivity index (χ2v) is 3.53. The third kappa shape index (κ3) is 8.01. The molecule has 0 saturated carbocycles. The number of nitrogens with one attached hydrogen (secondary N) is 1. The fourth-order valence-electron chi connectivity index (χ4n) is 1.32. The number of carbonyl (C=O) groups is 1. The van der Waals surface area contributed by atoms with Gasteiger partial charge in [-0.25, -0.2) is 5.06 Å². The van der Waals surface area contributed by atoms with Crippen LogP contribution in [-0.2, 0) is 9.63 Å². The van der Waals surface area contributed by atoms with E-state index in [4.69, 9.17) is 10.2 Å². The zero-order valence-corrected chi connectivity index (χ0v) is 12.7. The van der Waals surface area contributed by atoms with Gasteiger partial charge in [-0.15, -0.1) is 0 Å². The first kappa shape index (κ1) is 19.2. The van der Waals surface area contributed by atoms with Crippen molar-refractivity contribution in [1.29, 1.82) is 5.41 Å². The molecule has 1 N–H and O–H groups in total. The fourth-order valence-corrected chi connectivity index (χ4v) is 1.32. The van der Waals surface area contributed by atoms with Crippen molar-refractivity contribution >= 4 is 11.6 Å². The van der Waals surface area contributed by atoms with Gasteiger partial charge >= 0.3 is 0 Å². The highest BCUT2D eigenvalue weighted by molar-refractivity contribution is 6.01. The summed E-state index contributed by atoms with van der Waals surface area (Å²) in [7, 11) is 0. The van der Waals surface area contributed by atoms with Gasteiger partial charge in [-0.1, -0.05) is 27.7 Å². The summed E-state index contributed by atoms with van der Waals surface area (Å²) < 4.78 is 0. The molecule has 0 aromatic heterocycles. The zero-order chi connectivity index (χ0) is 14.6. The molecule has 0 aliphatic heterocycles. The van der Waals surface area contributed by atoms with Gasteiger partial charge in [0.1, 0.15) is 0 Å². The molecular formula is C14H28N2O2. The molecule has 0 aromatic carbocycles. The number of hydrogen-bond acceptors (Lipinski definition) is 3. The molecule has 0 bridgehead atoms. The number of nitrogens with zero attached hydrogens (tertiary/aromatic N) is 1. The molecule has 0 fully saturated rings. The maximum atomic E-state index is 12.0. The van der Waals surface area contributed by atoms with Crippen LogP contribution in [0.15, 0.2) is 11.6 Å². The highest BCUT2D eigenvalue weighted by atomic mass is 16.7. The van der Waals surface area contributed by atoms with Crippen LogP contribution in [0.25, 0.3) is 0 Å². The lowest BCUT2D eigenvalue weighted by molar-refractivity contribution is -0.180. The minimum atomic E-state index is -0.127. The van der Waals surface area contributed by atoms with Gasteiger partial charge in [-0.05, 0) is 32.8 Å². The maximum Gasteiger partial charge on any atom is 0.273 e. The van der Waals surface area contributed by atoms with Gasteiger partial charge in [0.15, 0.2) is 0 Å². The predicted molar refractivity (Wildman–Crippen MR) is 76.8 cm³/mol. The molecule has 0 unspecified atom stereocenters. The molecule has 0 rings (SSSR count). The van der Waals surface area contributed by atoms with Gasteiger partial charge in [0.25, 0.3) is 5.91 Å². The average Bonchev–Trinajstić information content (AvgIpc) is 2.37. The molecule has 18 heavy (non-hydrogen) atoms. The first-order valence-electron chi connectivity index (χ1n) is 6.77. The molecule has 106 valence electrons. The van der Waals surface area contributed by atoms with E-state index in [2.05, 4.69) is 0 Å². The van der Waals surface area contributed by atoms with Crippen molar-refractivity contribution in [2.24, 2.45) is 0 Å². The SMILES string of the molecule is CC.CCCN(OCC)C(=O)/C(=C/C(C)=N)CC. The topological polar surface area (TPSA) is 53.4 Å². The maximum absolute atomic E-state index is 12.0. The summed E-state index contributed by atoms with van der Waals surface area (Å²) in [5.41, 5.74) is 1.01. The Hall–Kier alpha value is -1.16. The summed E-state index contributed by atoms with van der Waals surface area (Å²) in [6.45, 7) is 12.5. The van der Waals surface area contributed by atoms with Crippen LogP contribution in [0.4, 0.5) is 0 Å². The van der Waals surface area contributed by atoms with E-state index < -0.39 is 0 Å². The summed E-state index contributed by atoms with van der Waals surface area (Å²) in [6.07, 6.45) is 3.07. The third-order valence-electron chi connectivity index (χ3n) is 1.98. The van der Waals surface area contributed by atoms with Gasteiger partial charge in [-0.2, -0.15) is 0 Å². The van der Waals surface area contributed by atoms with E-state index in [1.54, 1.807) is 13.0 Å². The van der Waals surface area contributed by atoms with Crippen LogP contribution in [0.5, 0.6) is 0 Å². The van der Waals surface area contributed by atoms with E-state index in [0.29, 0.717) is 30.9 Å². The number of carbonyl (C=O) groups excluding carboxylic acids is 1. The van der Waals surface area contributed by atoms with Gasteiger partial charge in [0.05, 0.1) is 6.61 Å². The summed E-state index contributed by atoms with van der Waals surface area (Å²) in [4.78, 5) is 17.3. The molecule has 0 radical (unpaired) electrons. The van der Waals surface area contributed by atoms with Crippen LogP contribution in [0, 0.1) is 5.41 Å². The van der Waals surface area contributed by atoms with Crippen molar-refractivity contribution < 1.29 is 9.63 Å². The Bertz CT molecular complexity index is 267. The number of allylic oxidation sites excluding steroid dienone is 1. The Kier molecular flexibility index (Phi) is 13.1. The van der Waals surface area contributed by atoms with Gasteiger partial charge in [0.2, 0.25) is 0 Å². The summed E-state index contributed by atoms with van der Waals surface area (Å²) in [5, 5.41) is 8.77. The second kappa shape index (κ2) is 12.3. The standard InChI is InChI=1S/C12H22N2O2.C2H6/c1-5-8-14(16-7-3)12(15)11(6-2)9-10(4)13;1-2/h9,13H,5-8H2,1-4H3;1-2H3/b11-9+,13-10?;. The first-order chi connectivity index (χ1) is 8.56. The third-order valence-corrected chi connectivity index (χ3v) is 1.98. The van der Waals surface area contributed by atoms with Crippen LogP contribution in [0.2, 0.25) is 0 Å². The minimum absolute atomic E-state index is 0.127. The van der Waals surface area contributed by atoms with Crippen molar-refractivity contribution in [3.8, 4) is 0 Å². The highest BCUT2D eigenvalue weighted by Gasteiger charge is 2.16. The van der Waals surface area contributed by atoms with Crippen molar-refractivity contribution in [1.82, 2.24) is 5.06 Å². The van der Waals surface area contributed by atoms with Crippen LogP contribution < -0.4 is 0 Å². The van der Waals surface area contributed by atoms with E-state index in [0.717, 1.165) is 6.42 Å². The molecule has 0 aliphatic rings. The van der Waals surface area contributed by atoms with Gasteiger partial charge in [-0.3, -0.25) is 9.63 Å². The van der Waals surface area contributed by atoms with Crippen LogP contribution in [-0.4, -0.2) is 29.8 Å². The largest absolute Gasteiger partial charge is 0.306 e. The molecule has 0 heterocycles. The summed E-state index contributed by atoms with van der Waals surface area (Å²) in [5.74, 6) is -0.127. The summed E-state index contributed by atoms with van der Waals surface area (Å²) >= 11 is 0. The van der Waals surface area contributed by atoms with Gasteiger partial charge < -0.3 is 5.41 Å². The second-order valence-electron chi connectivity index (χ2n) is 3.53. The Balaban J connectivity index is 0. The number of hydrogen-bond donors (Lipinski definition) is 1. The average molecular weight is 256 g/mol. The van der Waals surface area contributed by atoms with Crippen molar-refractivity contribution in [2.45, 2.75) is 54.4 Å². The monoisotopic (exact) mass is 256 g/mol. The zero-order valence-electron chi connectivity index (χ0n) is 12.7. The van der Waals surface area contributed by atoms with Crippen molar-refractivity contribution in [2.75, 3.05) is 13.2 Å². The first-order valence-corrected chi connectivity index (χ1v) is 6.77. The highest BCUT2D eigenvalue weighted by Crippen LogP contribution is 2.08. The Labute approximate surface area is 111 Å². The van der Waals surface area contributed by atoms with Crippen LogP contribution in [0.1, 0.15) is 54.4 Å². The lowest BCUT2D eigenvalue weighted by Crippen LogP contribution is -2.33. The molecule has 1 amide bonds. The molecule has 4 nitrogen and oxygen atoms in total. The lowest BCUT2D eigenvalue weighted by atomic mass is 10.1. The lowest BCUT2D eigenvalue weighted by Gasteiger charge is -2.21. The molecular weight excluding hydrogens is 228 g/mol. The number of hydroxylamine groups is 2. The van der Waals surface area contributed by atoms with E-state index in [9.17, 15) is 4.79 Å². The number of amides is 1. The number of rotatable bonds is 7. The van der Waals surface area contributed by atoms with Gasteiger partial charge in [0, 0.05) is 17.8 Å². The summed E-state index contributed by atoms with van der Waals surface area (Å²) in [6, 6.07) is 0. The molecule has 0 aliphatic carbocycles. The van der Waals surface area contributed by atoms with Crippen LogP contribution in [0.3, 0.4) is 0 Å².